The summed E-state index contributed by atoms with van der Waals surface area (Å²) in [5.41, 5.74) is 1.82. The van der Waals surface area contributed by atoms with Crippen molar-refractivity contribution < 1.29 is 19.2 Å². The van der Waals surface area contributed by atoms with Gasteiger partial charge in [0, 0.05) is 15.4 Å². The Morgan fingerprint density at radius 2 is 2.17 bits per heavy atom. The quantitative estimate of drug-likeness (QED) is 0.346. The van der Waals surface area contributed by atoms with E-state index in [0.29, 0.717) is 15.4 Å². The summed E-state index contributed by atoms with van der Waals surface area (Å²) in [7, 11) is 0.504. The van der Waals surface area contributed by atoms with E-state index in [4.69, 9.17) is 0 Å². The van der Waals surface area contributed by atoms with Crippen LogP contribution in [-0.4, -0.2) is 28.9 Å². The van der Waals surface area contributed by atoms with E-state index in [1.165, 1.54) is 0 Å². The maximum atomic E-state index is 10.7. The van der Waals surface area contributed by atoms with Gasteiger partial charge >= 0.3 is 12.1 Å². The highest BCUT2D eigenvalue weighted by Crippen LogP contribution is 1.85. The van der Waals surface area contributed by atoms with Gasteiger partial charge in [-0.2, -0.15) is 0 Å². The average Bonchev–Trinajstić information content (AvgIpc) is 2.00. The molecule has 0 rings (SSSR count). The van der Waals surface area contributed by atoms with E-state index in [0.717, 1.165) is 0 Å². The fraction of sp³-hybridized carbons (Fsp3) is 0.333. The number of carbonyl (C=O) groups excluding carboxylic acids is 2. The van der Waals surface area contributed by atoms with Gasteiger partial charge in [0.25, 0.3) is 0 Å². The predicted molar refractivity (Wildman–Crippen MR) is 45.3 cm³/mol. The highest BCUT2D eigenvalue weighted by atomic mass is 28.1. The van der Waals surface area contributed by atoms with Gasteiger partial charge < -0.3 is 9.57 Å². The van der Waals surface area contributed by atoms with Gasteiger partial charge in [0.1, 0.15) is 0 Å². The van der Waals surface area contributed by atoms with Gasteiger partial charge in [0.05, 0.1) is 6.61 Å². The first-order valence-electron chi connectivity index (χ1n) is 3.37. The van der Waals surface area contributed by atoms with Crippen molar-refractivity contribution in [1.29, 1.82) is 0 Å². The number of rotatable bonds is 2. The molecule has 1 N–H and O–H groups in total. The molecular formula is C6H11NO4Si. The van der Waals surface area contributed by atoms with Crippen molar-refractivity contribution in [3.05, 3.63) is 11.8 Å². The smallest absolute Gasteiger partial charge is 0.440 e. The molecule has 0 bridgehead atoms. The van der Waals surface area contributed by atoms with Crippen molar-refractivity contribution in [3.8, 4) is 0 Å². The molecule has 0 saturated heterocycles. The molecular weight excluding hydrogens is 178 g/mol. The summed E-state index contributed by atoms with van der Waals surface area (Å²) in [6.45, 7) is 5.25. The zero-order valence-corrected chi connectivity index (χ0v) is 9.05. The van der Waals surface area contributed by atoms with Crippen LogP contribution in [0, 0.1) is 0 Å². The number of amides is 1. The minimum Gasteiger partial charge on any atom is -0.448 e. The normalized spacial score (nSPS) is 8.75. The largest absolute Gasteiger partial charge is 0.448 e. The first-order chi connectivity index (χ1) is 5.57. The van der Waals surface area contributed by atoms with E-state index in [2.05, 4.69) is 16.2 Å². The first kappa shape index (κ1) is 10.7. The van der Waals surface area contributed by atoms with E-state index in [-0.39, 0.29) is 6.61 Å². The van der Waals surface area contributed by atoms with Crippen LogP contribution in [0.5, 0.6) is 0 Å². The molecule has 0 spiro atoms. The molecule has 68 valence electrons. The van der Waals surface area contributed by atoms with Crippen molar-refractivity contribution in [2.24, 2.45) is 0 Å². The van der Waals surface area contributed by atoms with E-state index in [9.17, 15) is 9.59 Å². The topological polar surface area (TPSA) is 64.6 Å². The van der Waals surface area contributed by atoms with E-state index >= 15 is 0 Å². The second-order valence-electron chi connectivity index (χ2n) is 1.99. The van der Waals surface area contributed by atoms with Crippen molar-refractivity contribution in [3.63, 3.8) is 0 Å². The van der Waals surface area contributed by atoms with Crippen LogP contribution in [0.15, 0.2) is 11.8 Å². The standard InChI is InChI=1S/C6H11NO4Si/c1-3-10-6(9)7-11-5(8)4(2)12/h2-3H2,1,12H3,(H,7,9). The average molecular weight is 189 g/mol. The van der Waals surface area contributed by atoms with Crippen molar-refractivity contribution >= 4 is 22.3 Å². The Labute approximate surface area is 73.1 Å². The van der Waals surface area contributed by atoms with Gasteiger partial charge in [-0.05, 0) is 6.92 Å². The molecule has 0 unspecified atom stereocenters. The summed E-state index contributed by atoms with van der Waals surface area (Å²) in [5, 5.41) is 0.340. The molecule has 0 aliphatic carbocycles. The van der Waals surface area contributed by atoms with Gasteiger partial charge in [-0.15, -0.1) is 5.48 Å². The molecule has 0 atom stereocenters. The lowest BCUT2D eigenvalue weighted by Gasteiger charge is -2.04. The molecule has 0 aromatic carbocycles. The zero-order valence-electron chi connectivity index (χ0n) is 7.05. The Morgan fingerprint density at radius 1 is 1.58 bits per heavy atom. The number of nitrogens with one attached hydrogen (secondary N) is 1. The Morgan fingerprint density at radius 3 is 2.58 bits per heavy atom. The SMILES string of the molecule is C=C([SiH3])C(=O)ONC(=O)OCC. The van der Waals surface area contributed by atoms with E-state index in [1.54, 1.807) is 6.92 Å². The van der Waals surface area contributed by atoms with Crippen LogP contribution in [0.4, 0.5) is 4.79 Å². The molecule has 1 amide bonds. The first-order valence-corrected chi connectivity index (χ1v) is 4.37. The van der Waals surface area contributed by atoms with Crippen LogP contribution in [0.3, 0.4) is 0 Å². The molecule has 0 aliphatic heterocycles. The molecule has 0 heterocycles. The predicted octanol–water partition coefficient (Wildman–Crippen LogP) is -0.930. The van der Waals surface area contributed by atoms with E-state index in [1.807, 2.05) is 5.48 Å². The molecule has 0 saturated carbocycles. The molecule has 0 radical (unpaired) electrons. The van der Waals surface area contributed by atoms with Crippen molar-refractivity contribution in [2.75, 3.05) is 6.61 Å². The molecule has 12 heavy (non-hydrogen) atoms. The third-order valence-electron chi connectivity index (χ3n) is 0.851. The van der Waals surface area contributed by atoms with Crippen LogP contribution < -0.4 is 5.48 Å². The lowest BCUT2D eigenvalue weighted by molar-refractivity contribution is -0.144. The summed E-state index contributed by atoms with van der Waals surface area (Å²) < 4.78 is 4.43. The monoisotopic (exact) mass is 189 g/mol. The zero-order chi connectivity index (χ0) is 9.56. The Hall–Kier alpha value is -1.30. The van der Waals surface area contributed by atoms with Crippen LogP contribution >= 0.6 is 0 Å². The number of hydrogen-bond donors (Lipinski definition) is 1. The molecule has 5 nitrogen and oxygen atoms in total. The fourth-order valence-electron chi connectivity index (χ4n) is 0.336. The van der Waals surface area contributed by atoms with Gasteiger partial charge in [-0.25, -0.2) is 9.59 Å². The van der Waals surface area contributed by atoms with Crippen molar-refractivity contribution in [1.82, 2.24) is 5.48 Å². The number of ether oxygens (including phenoxy) is 1. The van der Waals surface area contributed by atoms with Gasteiger partial charge in [0.2, 0.25) is 0 Å². The summed E-state index contributed by atoms with van der Waals surface area (Å²) in [5.74, 6) is -0.630. The molecule has 0 aliphatic rings. The van der Waals surface area contributed by atoms with Gasteiger partial charge in [-0.1, -0.05) is 6.58 Å². The molecule has 0 aromatic heterocycles. The van der Waals surface area contributed by atoms with Crippen LogP contribution in [-0.2, 0) is 14.4 Å². The third-order valence-corrected chi connectivity index (χ3v) is 1.26. The molecule has 6 heteroatoms. The maximum Gasteiger partial charge on any atom is 0.440 e. The second kappa shape index (κ2) is 5.36. The lowest BCUT2D eigenvalue weighted by atomic mass is 10.6. The second-order valence-corrected chi connectivity index (χ2v) is 3.20. The van der Waals surface area contributed by atoms with Gasteiger partial charge in [0.15, 0.2) is 0 Å². The molecule has 0 fully saturated rings. The van der Waals surface area contributed by atoms with Crippen LogP contribution in [0.1, 0.15) is 6.92 Å². The van der Waals surface area contributed by atoms with Crippen LogP contribution in [0.25, 0.3) is 0 Å². The summed E-state index contributed by atoms with van der Waals surface area (Å²) in [4.78, 5) is 25.5. The molecule has 0 aromatic rings. The summed E-state index contributed by atoms with van der Waals surface area (Å²) in [6, 6.07) is 0. The Balaban J connectivity index is 3.61. The number of hydrogen-bond acceptors (Lipinski definition) is 4. The highest BCUT2D eigenvalue weighted by molar-refractivity contribution is 6.34. The third kappa shape index (κ3) is 4.50. The lowest BCUT2D eigenvalue weighted by Crippen LogP contribution is -2.28. The number of carbonyl (C=O) groups is 2. The van der Waals surface area contributed by atoms with Gasteiger partial charge in [-0.3, -0.25) is 0 Å². The minimum atomic E-state index is -0.784. The Kier molecular flexibility index (Phi) is 4.78. The summed E-state index contributed by atoms with van der Waals surface area (Å²) in [6.07, 6.45) is -0.784. The minimum absolute atomic E-state index is 0.227. The van der Waals surface area contributed by atoms with Crippen LogP contribution in [0.2, 0.25) is 0 Å². The fourth-order valence-corrected chi connectivity index (χ4v) is 0.438. The summed E-state index contributed by atoms with van der Waals surface area (Å²) >= 11 is 0. The maximum absolute atomic E-state index is 10.7. The van der Waals surface area contributed by atoms with E-state index < -0.39 is 12.1 Å². The highest BCUT2D eigenvalue weighted by Gasteiger charge is 2.06. The number of hydroxylamine groups is 1. The Bertz CT molecular complexity index is 204. The van der Waals surface area contributed by atoms with Crippen molar-refractivity contribution in [2.45, 2.75) is 6.92 Å².